The van der Waals surface area contributed by atoms with Gasteiger partial charge < -0.3 is 15.1 Å². The number of anilines is 1. The van der Waals surface area contributed by atoms with Gasteiger partial charge in [0.25, 0.3) is 11.5 Å². The van der Waals surface area contributed by atoms with Crippen LogP contribution in [0.2, 0.25) is 0 Å². The molecule has 9 nitrogen and oxygen atoms in total. The summed E-state index contributed by atoms with van der Waals surface area (Å²) < 4.78 is 7.50. The molecule has 5 rings (SSSR count). The highest BCUT2D eigenvalue weighted by Crippen LogP contribution is 2.15. The van der Waals surface area contributed by atoms with E-state index in [0.29, 0.717) is 17.1 Å². The molecule has 3 aromatic carbocycles. The van der Waals surface area contributed by atoms with E-state index in [-0.39, 0.29) is 29.6 Å². The number of rotatable bonds is 7. The lowest BCUT2D eigenvalue weighted by molar-refractivity contribution is -0.116. The third-order valence-electron chi connectivity index (χ3n) is 6.34. The summed E-state index contributed by atoms with van der Waals surface area (Å²) in [5.41, 5.74) is 2.14. The SMILES string of the molecule is Cc1ccc(NC(=O)Cn2c(=O)n(-c3ccc(C)cc3)c(=O)c3ccc(C(=O)NCc4ccco4)cc32)cc1. The molecular weight excluding hydrogens is 496 g/mol. The molecule has 0 aliphatic rings. The number of carbonyl (C=O) groups is 2. The van der Waals surface area contributed by atoms with Crippen molar-refractivity contribution in [2.45, 2.75) is 26.9 Å². The lowest BCUT2D eigenvalue weighted by Gasteiger charge is -2.15. The fourth-order valence-corrected chi connectivity index (χ4v) is 4.25. The molecule has 2 aromatic heterocycles. The Morgan fingerprint density at radius 2 is 1.56 bits per heavy atom. The van der Waals surface area contributed by atoms with Crippen LogP contribution < -0.4 is 21.9 Å². The van der Waals surface area contributed by atoms with Crippen molar-refractivity contribution in [3.05, 3.63) is 128 Å². The fraction of sp³-hybridized carbons (Fsp3) is 0.133. The predicted molar refractivity (Wildman–Crippen MR) is 148 cm³/mol. The van der Waals surface area contributed by atoms with E-state index in [0.717, 1.165) is 15.7 Å². The second-order valence-electron chi connectivity index (χ2n) is 9.25. The van der Waals surface area contributed by atoms with Gasteiger partial charge in [-0.15, -0.1) is 0 Å². The molecule has 2 N–H and O–H groups in total. The number of carbonyl (C=O) groups excluding carboxylic acids is 2. The number of benzene rings is 3. The summed E-state index contributed by atoms with van der Waals surface area (Å²) in [6.45, 7) is 3.64. The van der Waals surface area contributed by atoms with Gasteiger partial charge >= 0.3 is 5.69 Å². The van der Waals surface area contributed by atoms with Gasteiger partial charge in [0.15, 0.2) is 0 Å². The average molecular weight is 523 g/mol. The van der Waals surface area contributed by atoms with Crippen molar-refractivity contribution in [3.63, 3.8) is 0 Å². The monoisotopic (exact) mass is 522 g/mol. The summed E-state index contributed by atoms with van der Waals surface area (Å²) >= 11 is 0. The highest BCUT2D eigenvalue weighted by molar-refractivity contribution is 5.98. The number of hydrogen-bond donors (Lipinski definition) is 2. The molecule has 196 valence electrons. The maximum atomic E-state index is 13.7. The van der Waals surface area contributed by atoms with Crippen LogP contribution in [0.5, 0.6) is 0 Å². The molecule has 0 atom stereocenters. The maximum Gasteiger partial charge on any atom is 0.336 e. The number of nitrogens with zero attached hydrogens (tertiary/aromatic N) is 2. The molecule has 5 aromatic rings. The normalized spacial score (nSPS) is 10.9. The van der Waals surface area contributed by atoms with Crippen molar-refractivity contribution in [2.75, 3.05) is 5.32 Å². The van der Waals surface area contributed by atoms with Crippen molar-refractivity contribution in [1.29, 1.82) is 0 Å². The molecule has 0 saturated carbocycles. The number of fused-ring (bicyclic) bond motifs is 1. The molecule has 0 saturated heterocycles. The van der Waals surface area contributed by atoms with Gasteiger partial charge in [-0.3, -0.25) is 19.0 Å². The zero-order chi connectivity index (χ0) is 27.5. The molecular formula is C30H26N4O5. The minimum absolute atomic E-state index is 0.171. The van der Waals surface area contributed by atoms with E-state index in [9.17, 15) is 19.2 Å². The summed E-state index contributed by atoms with van der Waals surface area (Å²) in [5.74, 6) is -0.294. The van der Waals surface area contributed by atoms with E-state index in [1.54, 1.807) is 48.5 Å². The first-order valence-corrected chi connectivity index (χ1v) is 12.3. The van der Waals surface area contributed by atoms with Gasteiger partial charge in [-0.25, -0.2) is 9.36 Å². The van der Waals surface area contributed by atoms with Gasteiger partial charge in [0.05, 0.1) is 29.4 Å². The summed E-state index contributed by atoms with van der Waals surface area (Å²) in [6, 6.07) is 22.1. The van der Waals surface area contributed by atoms with E-state index in [1.165, 1.54) is 29.0 Å². The third kappa shape index (κ3) is 5.42. The molecule has 0 radical (unpaired) electrons. The van der Waals surface area contributed by atoms with E-state index < -0.39 is 23.1 Å². The van der Waals surface area contributed by atoms with Crippen molar-refractivity contribution in [1.82, 2.24) is 14.5 Å². The number of aryl methyl sites for hydroxylation is 2. The average Bonchev–Trinajstić information content (AvgIpc) is 3.46. The van der Waals surface area contributed by atoms with Crippen LogP contribution in [0.1, 0.15) is 27.2 Å². The van der Waals surface area contributed by atoms with Crippen molar-refractivity contribution in [2.24, 2.45) is 0 Å². The standard InChI is InChI=1S/C30H26N4O5/c1-19-5-10-22(11-6-19)32-27(35)18-33-26-16-21(28(36)31-17-24-4-3-15-39-24)9-14-25(26)29(37)34(30(33)38)23-12-7-20(2)8-13-23/h3-16H,17-18H2,1-2H3,(H,31,36)(H,32,35). The zero-order valence-corrected chi connectivity index (χ0v) is 21.4. The van der Waals surface area contributed by atoms with Crippen LogP contribution in [-0.4, -0.2) is 20.9 Å². The topological polar surface area (TPSA) is 115 Å². The summed E-state index contributed by atoms with van der Waals surface area (Å²) in [4.78, 5) is 53.1. The Bertz CT molecular complexity index is 1780. The van der Waals surface area contributed by atoms with Crippen LogP contribution >= 0.6 is 0 Å². The molecule has 2 amide bonds. The van der Waals surface area contributed by atoms with E-state index in [4.69, 9.17) is 4.42 Å². The van der Waals surface area contributed by atoms with Crippen molar-refractivity contribution < 1.29 is 14.0 Å². The minimum Gasteiger partial charge on any atom is -0.467 e. The molecule has 0 spiro atoms. The summed E-state index contributed by atoms with van der Waals surface area (Å²) in [7, 11) is 0. The van der Waals surface area contributed by atoms with Crippen molar-refractivity contribution in [3.8, 4) is 5.69 Å². The number of furan rings is 1. The van der Waals surface area contributed by atoms with Gasteiger partial charge in [-0.2, -0.15) is 0 Å². The lowest BCUT2D eigenvalue weighted by atomic mass is 10.1. The van der Waals surface area contributed by atoms with E-state index in [1.807, 2.05) is 26.0 Å². The molecule has 0 aliphatic carbocycles. The Hall–Kier alpha value is -5.18. The van der Waals surface area contributed by atoms with Crippen LogP contribution in [0.4, 0.5) is 5.69 Å². The summed E-state index contributed by atoms with van der Waals surface area (Å²) in [6.07, 6.45) is 1.51. The van der Waals surface area contributed by atoms with Gasteiger partial charge in [0.1, 0.15) is 12.3 Å². The minimum atomic E-state index is -0.691. The Morgan fingerprint density at radius 3 is 2.23 bits per heavy atom. The Balaban J connectivity index is 1.58. The number of nitrogens with one attached hydrogen (secondary N) is 2. The Kier molecular flexibility index (Phi) is 6.96. The quantitative estimate of drug-likeness (QED) is 0.336. The number of hydrogen-bond acceptors (Lipinski definition) is 5. The molecule has 39 heavy (non-hydrogen) atoms. The first-order chi connectivity index (χ1) is 18.8. The second kappa shape index (κ2) is 10.7. The third-order valence-corrected chi connectivity index (χ3v) is 6.34. The largest absolute Gasteiger partial charge is 0.467 e. The molecule has 0 bridgehead atoms. The number of aromatic nitrogens is 2. The predicted octanol–water partition coefficient (Wildman–Crippen LogP) is 3.93. The van der Waals surface area contributed by atoms with Crippen LogP contribution in [0.15, 0.2) is 99.1 Å². The zero-order valence-electron chi connectivity index (χ0n) is 21.4. The molecule has 2 heterocycles. The van der Waals surface area contributed by atoms with Crippen LogP contribution in [0.25, 0.3) is 16.6 Å². The van der Waals surface area contributed by atoms with Gasteiger partial charge in [0, 0.05) is 11.3 Å². The van der Waals surface area contributed by atoms with E-state index >= 15 is 0 Å². The van der Waals surface area contributed by atoms with Crippen LogP contribution in [0, 0.1) is 13.8 Å². The smallest absolute Gasteiger partial charge is 0.336 e. The molecule has 0 aliphatic heterocycles. The number of amides is 2. The first kappa shape index (κ1) is 25.5. The van der Waals surface area contributed by atoms with Crippen LogP contribution in [0.3, 0.4) is 0 Å². The van der Waals surface area contributed by atoms with Crippen molar-refractivity contribution >= 4 is 28.4 Å². The second-order valence-corrected chi connectivity index (χ2v) is 9.25. The molecule has 0 unspecified atom stereocenters. The Morgan fingerprint density at radius 1 is 0.872 bits per heavy atom. The summed E-state index contributed by atoms with van der Waals surface area (Å²) in [5, 5.41) is 5.74. The van der Waals surface area contributed by atoms with E-state index in [2.05, 4.69) is 10.6 Å². The maximum absolute atomic E-state index is 13.7. The fourth-order valence-electron chi connectivity index (χ4n) is 4.25. The molecule has 0 fully saturated rings. The first-order valence-electron chi connectivity index (χ1n) is 12.3. The lowest BCUT2D eigenvalue weighted by Crippen LogP contribution is -2.41. The van der Waals surface area contributed by atoms with Crippen LogP contribution in [-0.2, 0) is 17.9 Å². The van der Waals surface area contributed by atoms with Gasteiger partial charge in [0.2, 0.25) is 5.91 Å². The highest BCUT2D eigenvalue weighted by Gasteiger charge is 2.19. The molecule has 9 heteroatoms. The highest BCUT2D eigenvalue weighted by atomic mass is 16.3. The van der Waals surface area contributed by atoms with Gasteiger partial charge in [-0.1, -0.05) is 35.4 Å². The van der Waals surface area contributed by atoms with Gasteiger partial charge in [-0.05, 0) is 68.4 Å². The Labute approximate surface area is 223 Å².